The van der Waals surface area contributed by atoms with Gasteiger partial charge in [-0.1, -0.05) is 0 Å². The van der Waals surface area contributed by atoms with Crippen LogP contribution in [0, 0.1) is 6.92 Å². The topological polar surface area (TPSA) is 118 Å². The number of H-pyrrole nitrogens is 1. The first-order chi connectivity index (χ1) is 6.38. The molecule has 1 rings (SSSR count). The van der Waals surface area contributed by atoms with Gasteiger partial charge in [0.15, 0.2) is 5.69 Å². The molecule has 0 aliphatic carbocycles. The first kappa shape index (κ1) is 10.7. The van der Waals surface area contributed by atoms with Gasteiger partial charge < -0.3 is 5.32 Å². The summed E-state index contributed by atoms with van der Waals surface area (Å²) in [6.07, 6.45) is 0. The second-order valence-corrected chi connectivity index (χ2v) is 4.15. The number of primary sulfonamides is 1. The zero-order valence-electron chi connectivity index (χ0n) is 7.66. The average molecular weight is 218 g/mol. The van der Waals surface area contributed by atoms with E-state index < -0.39 is 15.9 Å². The van der Waals surface area contributed by atoms with E-state index in [0.29, 0.717) is 0 Å². The molecule has 1 heterocycles. The molecular formula is C6H10N4O3S. The van der Waals surface area contributed by atoms with Crippen LogP contribution >= 0.6 is 0 Å². The molecule has 0 aromatic carbocycles. The Morgan fingerprint density at radius 3 is 2.57 bits per heavy atom. The van der Waals surface area contributed by atoms with Gasteiger partial charge in [-0.05, 0) is 6.92 Å². The minimum absolute atomic E-state index is 0.215. The van der Waals surface area contributed by atoms with Crippen molar-refractivity contribution in [1.82, 2.24) is 15.5 Å². The van der Waals surface area contributed by atoms with E-state index in [0.717, 1.165) is 0 Å². The highest BCUT2D eigenvalue weighted by Gasteiger charge is 2.24. The summed E-state index contributed by atoms with van der Waals surface area (Å²) in [5.74, 6) is -0.599. The minimum Gasteiger partial charge on any atom is -0.354 e. The van der Waals surface area contributed by atoms with Crippen LogP contribution < -0.4 is 10.5 Å². The Balaban J connectivity index is 3.42. The fourth-order valence-corrected chi connectivity index (χ4v) is 1.92. The number of hydrogen-bond acceptors (Lipinski definition) is 4. The van der Waals surface area contributed by atoms with Crippen LogP contribution in [0.25, 0.3) is 0 Å². The van der Waals surface area contributed by atoms with Gasteiger partial charge in [-0.25, -0.2) is 13.6 Å². The number of nitrogens with two attached hydrogens (primary N) is 1. The van der Waals surface area contributed by atoms with Crippen molar-refractivity contribution in [2.24, 2.45) is 5.14 Å². The van der Waals surface area contributed by atoms with Crippen LogP contribution in [-0.4, -0.2) is 31.6 Å². The SMILES string of the molecule is CNC(=O)c1n[nH]c(C)c1S(N)(=O)=O. The van der Waals surface area contributed by atoms with Gasteiger partial charge in [-0.15, -0.1) is 0 Å². The normalized spacial score (nSPS) is 11.4. The maximum absolute atomic E-state index is 11.2. The molecule has 8 heteroatoms. The van der Waals surface area contributed by atoms with Crippen LogP contribution in [0.1, 0.15) is 16.2 Å². The number of hydrogen-bond donors (Lipinski definition) is 3. The molecule has 0 unspecified atom stereocenters. The summed E-state index contributed by atoms with van der Waals surface area (Å²) in [5, 5.41) is 13.1. The Morgan fingerprint density at radius 2 is 2.14 bits per heavy atom. The largest absolute Gasteiger partial charge is 0.354 e. The van der Waals surface area contributed by atoms with Crippen molar-refractivity contribution in [2.75, 3.05) is 7.05 Å². The number of aromatic amines is 1. The summed E-state index contributed by atoms with van der Waals surface area (Å²) in [7, 11) is -2.56. The van der Waals surface area contributed by atoms with Crippen molar-refractivity contribution in [3.05, 3.63) is 11.4 Å². The first-order valence-corrected chi connectivity index (χ1v) is 5.22. The third-order valence-electron chi connectivity index (χ3n) is 1.62. The molecule has 0 aliphatic heterocycles. The van der Waals surface area contributed by atoms with E-state index in [1.165, 1.54) is 14.0 Å². The fourth-order valence-electron chi connectivity index (χ4n) is 1.04. The number of nitrogens with zero attached hydrogens (tertiary/aromatic N) is 1. The van der Waals surface area contributed by atoms with Gasteiger partial charge in [0, 0.05) is 7.05 Å². The Hall–Kier alpha value is -1.41. The van der Waals surface area contributed by atoms with Crippen LogP contribution in [0.5, 0.6) is 0 Å². The summed E-state index contributed by atoms with van der Waals surface area (Å²) in [4.78, 5) is 10.9. The van der Waals surface area contributed by atoms with Gasteiger partial charge >= 0.3 is 0 Å². The van der Waals surface area contributed by atoms with Crippen LogP contribution in [0.4, 0.5) is 0 Å². The third-order valence-corrected chi connectivity index (χ3v) is 2.69. The third kappa shape index (κ3) is 1.75. The zero-order chi connectivity index (χ0) is 10.9. The molecule has 7 nitrogen and oxygen atoms in total. The van der Waals surface area contributed by atoms with Crippen LogP contribution in [-0.2, 0) is 10.0 Å². The highest BCUT2D eigenvalue weighted by atomic mass is 32.2. The van der Waals surface area contributed by atoms with Crippen molar-refractivity contribution in [1.29, 1.82) is 0 Å². The number of rotatable bonds is 2. The Bertz CT molecular complexity index is 461. The lowest BCUT2D eigenvalue weighted by atomic mass is 10.3. The second kappa shape index (κ2) is 3.39. The predicted octanol–water partition coefficient (Wildman–Crippen LogP) is -1.27. The van der Waals surface area contributed by atoms with Gasteiger partial charge in [0.2, 0.25) is 10.0 Å². The number of aromatic nitrogens is 2. The van der Waals surface area contributed by atoms with Gasteiger partial charge in [0.25, 0.3) is 5.91 Å². The smallest absolute Gasteiger partial charge is 0.272 e. The zero-order valence-corrected chi connectivity index (χ0v) is 8.47. The average Bonchev–Trinajstić information content (AvgIpc) is 2.44. The molecule has 1 aromatic heterocycles. The molecule has 0 fully saturated rings. The Morgan fingerprint density at radius 1 is 1.57 bits per heavy atom. The fraction of sp³-hybridized carbons (Fsp3) is 0.333. The summed E-state index contributed by atoms with van der Waals surface area (Å²) in [6, 6.07) is 0. The van der Waals surface area contributed by atoms with Crippen LogP contribution in [0.3, 0.4) is 0 Å². The lowest BCUT2D eigenvalue weighted by Gasteiger charge is -1.99. The van der Waals surface area contributed by atoms with E-state index in [-0.39, 0.29) is 16.3 Å². The summed E-state index contributed by atoms with van der Waals surface area (Å²) >= 11 is 0. The molecule has 0 aliphatic rings. The van der Waals surface area contributed by atoms with Crippen molar-refractivity contribution in [3.8, 4) is 0 Å². The standard InChI is InChI=1S/C6H10N4O3S/c1-3-5(14(7,12)13)4(10-9-3)6(11)8-2/h1-2H3,(H,8,11)(H,9,10)(H2,7,12,13). The summed E-state index contributed by atoms with van der Waals surface area (Å²) in [6.45, 7) is 1.47. The molecule has 0 saturated carbocycles. The van der Waals surface area contributed by atoms with Gasteiger partial charge in [0.05, 0.1) is 5.69 Å². The number of sulfonamides is 1. The molecule has 4 N–H and O–H groups in total. The lowest BCUT2D eigenvalue weighted by Crippen LogP contribution is -2.23. The van der Waals surface area contributed by atoms with E-state index in [4.69, 9.17) is 5.14 Å². The number of nitrogens with one attached hydrogen (secondary N) is 2. The number of amides is 1. The van der Waals surface area contributed by atoms with Gasteiger partial charge in [-0.3, -0.25) is 9.89 Å². The second-order valence-electron chi connectivity index (χ2n) is 2.65. The summed E-state index contributed by atoms with van der Waals surface area (Å²) in [5.41, 5.74) is 0.0265. The van der Waals surface area contributed by atoms with Crippen molar-refractivity contribution in [3.63, 3.8) is 0 Å². The molecule has 0 atom stereocenters. The lowest BCUT2D eigenvalue weighted by molar-refractivity contribution is 0.0955. The van der Waals surface area contributed by atoms with Gasteiger partial charge in [0.1, 0.15) is 4.90 Å². The first-order valence-electron chi connectivity index (χ1n) is 3.67. The Kier molecular flexibility index (Phi) is 2.58. The predicted molar refractivity (Wildman–Crippen MR) is 48.1 cm³/mol. The highest BCUT2D eigenvalue weighted by Crippen LogP contribution is 2.15. The molecule has 14 heavy (non-hydrogen) atoms. The molecule has 0 bridgehead atoms. The maximum Gasteiger partial charge on any atom is 0.272 e. The van der Waals surface area contributed by atoms with Crippen molar-refractivity contribution >= 4 is 15.9 Å². The number of carbonyl (C=O) groups excluding carboxylic acids is 1. The monoisotopic (exact) mass is 218 g/mol. The quantitative estimate of drug-likeness (QED) is 0.573. The van der Waals surface area contributed by atoms with Crippen LogP contribution in [0.2, 0.25) is 0 Å². The molecule has 0 radical (unpaired) electrons. The van der Waals surface area contributed by atoms with Crippen LogP contribution in [0.15, 0.2) is 4.90 Å². The number of carbonyl (C=O) groups is 1. The Labute approximate surface area is 80.7 Å². The minimum atomic E-state index is -3.93. The van der Waals surface area contributed by atoms with E-state index >= 15 is 0 Å². The van der Waals surface area contributed by atoms with Crippen molar-refractivity contribution < 1.29 is 13.2 Å². The maximum atomic E-state index is 11.2. The highest BCUT2D eigenvalue weighted by molar-refractivity contribution is 7.89. The number of aryl methyl sites for hydroxylation is 1. The van der Waals surface area contributed by atoms with Crippen molar-refractivity contribution in [2.45, 2.75) is 11.8 Å². The van der Waals surface area contributed by atoms with E-state index in [9.17, 15) is 13.2 Å². The summed E-state index contributed by atoms with van der Waals surface area (Å²) < 4.78 is 22.2. The van der Waals surface area contributed by atoms with Gasteiger partial charge in [-0.2, -0.15) is 5.10 Å². The molecule has 1 aromatic rings. The molecule has 0 saturated heterocycles. The molecule has 1 amide bonds. The van der Waals surface area contributed by atoms with E-state index in [1.54, 1.807) is 0 Å². The molecule has 78 valence electrons. The molecule has 0 spiro atoms. The van der Waals surface area contributed by atoms with E-state index in [2.05, 4.69) is 15.5 Å². The molecular weight excluding hydrogens is 208 g/mol. The van der Waals surface area contributed by atoms with E-state index in [1.807, 2.05) is 0 Å².